The Hall–Kier alpha value is -3.45. The number of nitrogens with one attached hydrogen (secondary N) is 2. The number of carbonyl (C=O) groups excluding carboxylic acids is 1. The lowest BCUT2D eigenvalue weighted by Gasteiger charge is -2.21. The number of aromatic nitrogens is 4. The van der Waals surface area contributed by atoms with Crippen LogP contribution >= 0.6 is 0 Å². The fourth-order valence-electron chi connectivity index (χ4n) is 4.54. The van der Waals surface area contributed by atoms with E-state index in [9.17, 15) is 18.0 Å². The number of rotatable bonds is 17. The van der Waals surface area contributed by atoms with Gasteiger partial charge in [-0.1, -0.05) is 46.0 Å². The van der Waals surface area contributed by atoms with Crippen LogP contribution in [0.3, 0.4) is 0 Å². The second kappa shape index (κ2) is 16.0. The summed E-state index contributed by atoms with van der Waals surface area (Å²) in [4.78, 5) is 27.1. The van der Waals surface area contributed by atoms with Crippen molar-refractivity contribution in [2.45, 2.75) is 84.5 Å². The number of hydrogen-bond acceptors (Lipinski definition) is 7. The van der Waals surface area contributed by atoms with Gasteiger partial charge in [0.1, 0.15) is 23.9 Å². The Labute approximate surface area is 259 Å². The van der Waals surface area contributed by atoms with Crippen molar-refractivity contribution in [1.82, 2.24) is 24.8 Å². The number of anilines is 1. The van der Waals surface area contributed by atoms with Crippen molar-refractivity contribution < 1.29 is 27.4 Å². The molecule has 0 spiro atoms. The SMILES string of the molecule is CCOCCCNC(=O)[C@H](CC(C)C)Nc1cc(CCC[Si](C)(C)C)nc(-n2cnc(-c3ccc(OC(F)(F)F)cc3)c2)n1. The lowest BCUT2D eigenvalue weighted by Crippen LogP contribution is -2.41. The first kappa shape index (κ1) is 35.0. The number of amides is 1. The molecule has 44 heavy (non-hydrogen) atoms. The van der Waals surface area contributed by atoms with Crippen LogP contribution in [0.25, 0.3) is 17.2 Å². The molecule has 0 unspecified atom stereocenters. The van der Waals surface area contributed by atoms with E-state index in [0.29, 0.717) is 49.2 Å². The largest absolute Gasteiger partial charge is 0.573 e. The molecule has 1 atom stereocenters. The van der Waals surface area contributed by atoms with Crippen LogP contribution < -0.4 is 15.4 Å². The van der Waals surface area contributed by atoms with Gasteiger partial charge in [-0.15, -0.1) is 13.2 Å². The van der Waals surface area contributed by atoms with Crippen LogP contribution in [0.4, 0.5) is 19.0 Å². The molecule has 9 nitrogen and oxygen atoms in total. The number of alkyl halides is 3. The van der Waals surface area contributed by atoms with Crippen molar-refractivity contribution in [2.24, 2.45) is 5.92 Å². The van der Waals surface area contributed by atoms with Gasteiger partial charge in [0.25, 0.3) is 0 Å². The van der Waals surface area contributed by atoms with Crippen LogP contribution in [-0.4, -0.2) is 65.7 Å². The Kier molecular flexibility index (Phi) is 12.8. The maximum atomic E-state index is 13.2. The van der Waals surface area contributed by atoms with E-state index in [4.69, 9.17) is 14.7 Å². The van der Waals surface area contributed by atoms with Crippen molar-refractivity contribution in [3.05, 3.63) is 48.5 Å². The van der Waals surface area contributed by atoms with Gasteiger partial charge in [-0.05, 0) is 56.4 Å². The second-order valence-corrected chi connectivity index (χ2v) is 18.0. The quantitative estimate of drug-likeness (QED) is 0.123. The second-order valence-electron chi connectivity index (χ2n) is 12.4. The summed E-state index contributed by atoms with van der Waals surface area (Å²) in [6, 6.07) is 8.08. The number of nitrogens with zero attached hydrogens (tertiary/aromatic N) is 4. The van der Waals surface area contributed by atoms with Crippen LogP contribution in [0, 0.1) is 5.92 Å². The lowest BCUT2D eigenvalue weighted by molar-refractivity contribution is -0.274. The van der Waals surface area contributed by atoms with Crippen LogP contribution in [0.15, 0.2) is 42.9 Å². The Balaban J connectivity index is 1.86. The summed E-state index contributed by atoms with van der Waals surface area (Å²) in [5.74, 6) is 0.785. The van der Waals surface area contributed by atoms with Gasteiger partial charge in [-0.25, -0.2) is 9.97 Å². The van der Waals surface area contributed by atoms with Crippen LogP contribution in [0.1, 0.15) is 45.7 Å². The third-order valence-corrected chi connectivity index (χ3v) is 8.49. The third-order valence-electron chi connectivity index (χ3n) is 6.64. The first-order valence-corrected chi connectivity index (χ1v) is 18.8. The number of imidazole rings is 1. The Morgan fingerprint density at radius 3 is 2.45 bits per heavy atom. The average Bonchev–Trinajstić information content (AvgIpc) is 3.41. The molecular weight excluding hydrogens is 589 g/mol. The summed E-state index contributed by atoms with van der Waals surface area (Å²) in [6.07, 6.45) is 1.62. The van der Waals surface area contributed by atoms with E-state index in [1.54, 1.807) is 17.1 Å². The molecule has 0 fully saturated rings. The summed E-state index contributed by atoms with van der Waals surface area (Å²) in [5.41, 5.74) is 2.00. The number of halogens is 3. The fraction of sp³-hybridized carbons (Fsp3) is 0.548. The standard InChI is InChI=1S/C31H45F3N6O3Si/c1-7-42-16-9-15-35-29(41)26(18-22(2)3)38-28-19-24(10-8-17-44(4,5)6)37-30(39-28)40-20-27(36-21-40)23-11-13-25(14-12-23)43-31(32,33)34/h11-14,19-22,26H,7-10,15-18H2,1-6H3,(H,35,41)(H,37,38,39)/t26-/m0/s1. The molecule has 0 saturated heterocycles. The molecule has 0 bridgehead atoms. The maximum Gasteiger partial charge on any atom is 0.573 e. The van der Waals surface area contributed by atoms with E-state index in [0.717, 1.165) is 31.0 Å². The highest BCUT2D eigenvalue weighted by atomic mass is 28.3. The van der Waals surface area contributed by atoms with Gasteiger partial charge in [0.2, 0.25) is 11.9 Å². The average molecular weight is 635 g/mol. The van der Waals surface area contributed by atoms with Gasteiger partial charge in [-0.3, -0.25) is 9.36 Å². The van der Waals surface area contributed by atoms with E-state index >= 15 is 0 Å². The molecule has 0 aliphatic heterocycles. The number of hydrogen-bond donors (Lipinski definition) is 2. The highest BCUT2D eigenvalue weighted by molar-refractivity contribution is 6.76. The summed E-state index contributed by atoms with van der Waals surface area (Å²) in [5, 5.41) is 6.37. The Bertz CT molecular complexity index is 1330. The molecule has 242 valence electrons. The predicted molar refractivity (Wildman–Crippen MR) is 169 cm³/mol. The maximum absolute atomic E-state index is 13.2. The molecular formula is C31H45F3N6O3Si. The van der Waals surface area contributed by atoms with Crippen LogP contribution in [-0.2, 0) is 16.0 Å². The number of ether oxygens (including phenoxy) is 2. The van der Waals surface area contributed by atoms with Gasteiger partial charge in [0.15, 0.2) is 0 Å². The lowest BCUT2D eigenvalue weighted by atomic mass is 10.0. The van der Waals surface area contributed by atoms with Gasteiger partial charge in [-0.2, -0.15) is 4.98 Å². The third kappa shape index (κ3) is 12.3. The molecule has 2 N–H and O–H groups in total. The first-order chi connectivity index (χ1) is 20.7. The van der Waals surface area contributed by atoms with Crippen molar-refractivity contribution in [3.63, 3.8) is 0 Å². The molecule has 3 rings (SSSR count). The molecule has 13 heteroatoms. The summed E-state index contributed by atoms with van der Waals surface area (Å²) >= 11 is 0. The molecule has 0 saturated carbocycles. The zero-order valence-corrected chi connectivity index (χ0v) is 27.5. The summed E-state index contributed by atoms with van der Waals surface area (Å²) < 4.78 is 48.7. The zero-order chi connectivity index (χ0) is 32.3. The minimum absolute atomic E-state index is 0.0986. The fourth-order valence-corrected chi connectivity index (χ4v) is 5.78. The van der Waals surface area contributed by atoms with Crippen LogP contribution in [0.2, 0.25) is 25.7 Å². The molecule has 0 radical (unpaired) electrons. The minimum Gasteiger partial charge on any atom is -0.406 e. The Morgan fingerprint density at radius 1 is 1.09 bits per heavy atom. The van der Waals surface area contributed by atoms with Crippen molar-refractivity contribution in [1.29, 1.82) is 0 Å². The highest BCUT2D eigenvalue weighted by Gasteiger charge is 2.31. The summed E-state index contributed by atoms with van der Waals surface area (Å²) in [7, 11) is -1.24. The molecule has 1 aromatic carbocycles. The topological polar surface area (TPSA) is 103 Å². The van der Waals surface area contributed by atoms with Gasteiger partial charge in [0, 0.05) is 51.4 Å². The predicted octanol–water partition coefficient (Wildman–Crippen LogP) is 6.87. The minimum atomic E-state index is -4.76. The molecule has 0 aliphatic rings. The van der Waals surface area contributed by atoms with Gasteiger partial charge in [0.05, 0.1) is 5.69 Å². The molecule has 2 heterocycles. The normalized spacial score (nSPS) is 12.8. The molecule has 2 aromatic heterocycles. The number of benzene rings is 1. The van der Waals surface area contributed by atoms with Gasteiger partial charge >= 0.3 is 6.36 Å². The van der Waals surface area contributed by atoms with E-state index in [-0.39, 0.29) is 17.6 Å². The highest BCUT2D eigenvalue weighted by Crippen LogP contribution is 2.26. The smallest absolute Gasteiger partial charge is 0.406 e. The zero-order valence-electron chi connectivity index (χ0n) is 26.5. The van der Waals surface area contributed by atoms with Crippen molar-refractivity contribution in [2.75, 3.05) is 25.1 Å². The van der Waals surface area contributed by atoms with Crippen LogP contribution in [0.5, 0.6) is 5.75 Å². The Morgan fingerprint density at radius 2 is 1.82 bits per heavy atom. The number of aryl methyl sites for hydroxylation is 1. The van der Waals surface area contributed by atoms with Crippen molar-refractivity contribution in [3.8, 4) is 23.0 Å². The van der Waals surface area contributed by atoms with E-state index in [1.165, 1.54) is 24.3 Å². The van der Waals surface area contributed by atoms with E-state index in [2.05, 4.69) is 53.8 Å². The van der Waals surface area contributed by atoms with Crippen molar-refractivity contribution >= 4 is 19.8 Å². The molecule has 0 aliphatic carbocycles. The summed E-state index contributed by atoms with van der Waals surface area (Å²) in [6.45, 7) is 14.8. The van der Waals surface area contributed by atoms with E-state index < -0.39 is 20.5 Å². The molecule has 3 aromatic rings. The first-order valence-electron chi connectivity index (χ1n) is 15.1. The van der Waals surface area contributed by atoms with E-state index in [1.807, 2.05) is 13.0 Å². The monoisotopic (exact) mass is 634 g/mol. The molecule has 1 amide bonds. The number of carbonyl (C=O) groups is 1. The van der Waals surface area contributed by atoms with Gasteiger partial charge < -0.3 is 20.1 Å².